The Bertz CT molecular complexity index is 532. The number of piperidine rings is 1. The number of rotatable bonds is 3. The topological polar surface area (TPSA) is 40.5 Å². The molecule has 0 bridgehead atoms. The molecule has 1 aliphatic heterocycles. The van der Waals surface area contributed by atoms with Crippen molar-refractivity contribution < 1.29 is 14.3 Å². The first-order valence-corrected chi connectivity index (χ1v) is 7.87. The molecule has 3 nitrogen and oxygen atoms in total. The van der Waals surface area contributed by atoms with E-state index in [1.54, 1.807) is 6.07 Å². The minimum atomic E-state index is -1.08. The fourth-order valence-electron chi connectivity index (χ4n) is 3.87. The summed E-state index contributed by atoms with van der Waals surface area (Å²) in [5.41, 5.74) is 0.622. The highest BCUT2D eigenvalue weighted by atomic mass is 19.1. The van der Waals surface area contributed by atoms with E-state index in [9.17, 15) is 9.18 Å². The SMILES string of the molecule is O=C(O)c1ccc(CN2CCC3CCCCC3C2)c(F)c1. The van der Waals surface area contributed by atoms with Gasteiger partial charge in [0.2, 0.25) is 0 Å². The van der Waals surface area contributed by atoms with E-state index in [1.807, 2.05) is 0 Å². The number of aromatic carboxylic acids is 1. The molecule has 2 fully saturated rings. The first kappa shape index (κ1) is 14.5. The minimum Gasteiger partial charge on any atom is -0.478 e. The van der Waals surface area contributed by atoms with E-state index in [-0.39, 0.29) is 5.56 Å². The maximum atomic E-state index is 14.0. The normalized spacial score (nSPS) is 26.3. The van der Waals surface area contributed by atoms with E-state index in [0.29, 0.717) is 12.1 Å². The van der Waals surface area contributed by atoms with Gasteiger partial charge in [-0.1, -0.05) is 25.3 Å². The summed E-state index contributed by atoms with van der Waals surface area (Å²) in [5.74, 6) is 0.159. The summed E-state index contributed by atoms with van der Waals surface area (Å²) in [7, 11) is 0. The van der Waals surface area contributed by atoms with Gasteiger partial charge in [-0.15, -0.1) is 0 Å². The summed E-state index contributed by atoms with van der Waals surface area (Å²) in [6.45, 7) is 2.68. The number of nitrogens with zero attached hydrogens (tertiary/aromatic N) is 1. The number of likely N-dealkylation sites (tertiary alicyclic amines) is 1. The van der Waals surface area contributed by atoms with Crippen LogP contribution < -0.4 is 0 Å². The monoisotopic (exact) mass is 291 g/mol. The second-order valence-corrected chi connectivity index (χ2v) is 6.44. The molecule has 4 heteroatoms. The summed E-state index contributed by atoms with van der Waals surface area (Å²) in [6, 6.07) is 4.24. The number of fused-ring (bicyclic) bond motifs is 1. The zero-order valence-electron chi connectivity index (χ0n) is 12.2. The van der Waals surface area contributed by atoms with Crippen LogP contribution >= 0.6 is 0 Å². The van der Waals surface area contributed by atoms with Crippen molar-refractivity contribution in [3.8, 4) is 0 Å². The molecule has 1 aliphatic carbocycles. The van der Waals surface area contributed by atoms with E-state index in [0.717, 1.165) is 31.0 Å². The summed E-state index contributed by atoms with van der Waals surface area (Å²) >= 11 is 0. The van der Waals surface area contributed by atoms with Crippen LogP contribution in [0.2, 0.25) is 0 Å². The van der Waals surface area contributed by atoms with Crippen LogP contribution in [-0.2, 0) is 6.54 Å². The quantitative estimate of drug-likeness (QED) is 0.926. The average molecular weight is 291 g/mol. The number of benzene rings is 1. The Balaban J connectivity index is 1.65. The Morgan fingerprint density at radius 1 is 1.24 bits per heavy atom. The number of halogens is 1. The predicted molar refractivity (Wildman–Crippen MR) is 78.7 cm³/mol. The third kappa shape index (κ3) is 3.26. The summed E-state index contributed by atoms with van der Waals surface area (Å²) in [5, 5.41) is 8.87. The molecule has 1 aromatic rings. The zero-order chi connectivity index (χ0) is 14.8. The highest BCUT2D eigenvalue weighted by Crippen LogP contribution is 2.36. The van der Waals surface area contributed by atoms with Gasteiger partial charge in [0.15, 0.2) is 0 Å². The van der Waals surface area contributed by atoms with Gasteiger partial charge in [0, 0.05) is 18.7 Å². The molecule has 1 heterocycles. The lowest BCUT2D eigenvalue weighted by molar-refractivity contribution is 0.0696. The molecule has 114 valence electrons. The summed E-state index contributed by atoms with van der Waals surface area (Å²) in [4.78, 5) is 13.2. The third-order valence-electron chi connectivity index (χ3n) is 5.07. The Kier molecular flexibility index (Phi) is 4.24. The van der Waals surface area contributed by atoms with E-state index in [4.69, 9.17) is 5.11 Å². The maximum Gasteiger partial charge on any atom is 0.335 e. The fraction of sp³-hybridized carbons (Fsp3) is 0.588. The highest BCUT2D eigenvalue weighted by molar-refractivity contribution is 5.87. The number of carbonyl (C=O) groups is 1. The Morgan fingerprint density at radius 2 is 2.00 bits per heavy atom. The van der Waals surface area contributed by atoms with Crippen LogP contribution in [0, 0.1) is 17.7 Å². The summed E-state index contributed by atoms with van der Waals surface area (Å²) < 4.78 is 14.0. The largest absolute Gasteiger partial charge is 0.478 e. The molecule has 0 aromatic heterocycles. The molecule has 1 saturated heterocycles. The molecule has 0 spiro atoms. The van der Waals surface area contributed by atoms with Gasteiger partial charge < -0.3 is 5.11 Å². The summed E-state index contributed by atoms with van der Waals surface area (Å²) in [6.07, 6.45) is 6.59. The highest BCUT2D eigenvalue weighted by Gasteiger charge is 2.31. The van der Waals surface area contributed by atoms with Crippen LogP contribution in [0.1, 0.15) is 48.0 Å². The van der Waals surface area contributed by atoms with Gasteiger partial charge in [-0.3, -0.25) is 4.90 Å². The molecule has 0 radical (unpaired) electrons. The molecule has 3 rings (SSSR count). The number of carboxylic acid groups (broad SMARTS) is 1. The van der Waals surface area contributed by atoms with Gasteiger partial charge in [-0.05, 0) is 43.4 Å². The van der Waals surface area contributed by atoms with Crippen LogP contribution in [-0.4, -0.2) is 29.1 Å². The smallest absolute Gasteiger partial charge is 0.335 e. The van der Waals surface area contributed by atoms with E-state index >= 15 is 0 Å². The van der Waals surface area contributed by atoms with E-state index < -0.39 is 11.8 Å². The van der Waals surface area contributed by atoms with Crippen LogP contribution in [0.4, 0.5) is 4.39 Å². The minimum absolute atomic E-state index is 0.0160. The average Bonchev–Trinajstić information content (AvgIpc) is 2.49. The molecule has 1 saturated carbocycles. The van der Waals surface area contributed by atoms with Crippen LogP contribution in [0.15, 0.2) is 18.2 Å². The second kappa shape index (κ2) is 6.14. The lowest BCUT2D eigenvalue weighted by Gasteiger charge is -2.41. The van der Waals surface area contributed by atoms with Crippen molar-refractivity contribution in [2.45, 2.75) is 38.6 Å². The predicted octanol–water partition coefficient (Wildman–Crippen LogP) is 3.54. The van der Waals surface area contributed by atoms with E-state index in [2.05, 4.69) is 4.90 Å². The number of carboxylic acids is 1. The Morgan fingerprint density at radius 3 is 2.71 bits per heavy atom. The zero-order valence-corrected chi connectivity index (χ0v) is 12.2. The lowest BCUT2D eigenvalue weighted by atomic mass is 9.75. The molecule has 0 amide bonds. The van der Waals surface area contributed by atoms with Crippen molar-refractivity contribution in [2.24, 2.45) is 11.8 Å². The van der Waals surface area contributed by atoms with Gasteiger partial charge in [-0.2, -0.15) is 0 Å². The van der Waals surface area contributed by atoms with Crippen molar-refractivity contribution in [3.63, 3.8) is 0 Å². The molecular formula is C17H22FNO2. The van der Waals surface area contributed by atoms with Crippen LogP contribution in [0.5, 0.6) is 0 Å². The van der Waals surface area contributed by atoms with Gasteiger partial charge in [0.25, 0.3) is 0 Å². The molecule has 1 aromatic carbocycles. The lowest BCUT2D eigenvalue weighted by Crippen LogP contribution is -2.41. The molecule has 21 heavy (non-hydrogen) atoms. The Labute approximate surface area is 124 Å². The number of hydrogen-bond donors (Lipinski definition) is 1. The second-order valence-electron chi connectivity index (χ2n) is 6.44. The standard InChI is InChI=1S/C17H22FNO2/c18-16-9-13(17(20)21)5-6-15(16)11-19-8-7-12-3-1-2-4-14(12)10-19/h5-6,9,12,14H,1-4,7-8,10-11H2,(H,20,21). The molecule has 2 unspecified atom stereocenters. The van der Waals surface area contributed by atoms with Gasteiger partial charge in [-0.25, -0.2) is 9.18 Å². The Hall–Kier alpha value is -1.42. The number of hydrogen-bond acceptors (Lipinski definition) is 2. The van der Waals surface area contributed by atoms with Crippen molar-refractivity contribution in [1.29, 1.82) is 0 Å². The van der Waals surface area contributed by atoms with Crippen LogP contribution in [0.3, 0.4) is 0 Å². The first-order chi connectivity index (χ1) is 10.1. The van der Waals surface area contributed by atoms with E-state index in [1.165, 1.54) is 38.2 Å². The molecule has 2 atom stereocenters. The van der Waals surface area contributed by atoms with Crippen molar-refractivity contribution in [3.05, 3.63) is 35.1 Å². The first-order valence-electron chi connectivity index (χ1n) is 7.87. The van der Waals surface area contributed by atoms with Crippen molar-refractivity contribution in [1.82, 2.24) is 4.90 Å². The third-order valence-corrected chi connectivity index (χ3v) is 5.07. The van der Waals surface area contributed by atoms with Crippen molar-refractivity contribution >= 4 is 5.97 Å². The van der Waals surface area contributed by atoms with Crippen molar-refractivity contribution in [2.75, 3.05) is 13.1 Å². The maximum absolute atomic E-state index is 14.0. The fourth-order valence-corrected chi connectivity index (χ4v) is 3.87. The molecule has 1 N–H and O–H groups in total. The van der Waals surface area contributed by atoms with Gasteiger partial charge in [0.05, 0.1) is 5.56 Å². The van der Waals surface area contributed by atoms with Gasteiger partial charge in [0.1, 0.15) is 5.82 Å². The van der Waals surface area contributed by atoms with Gasteiger partial charge >= 0.3 is 5.97 Å². The molecule has 2 aliphatic rings. The molecular weight excluding hydrogens is 269 g/mol. The van der Waals surface area contributed by atoms with Crippen LogP contribution in [0.25, 0.3) is 0 Å².